The summed E-state index contributed by atoms with van der Waals surface area (Å²) in [6, 6.07) is 11.4. The number of rotatable bonds is 11. The van der Waals surface area contributed by atoms with E-state index in [9.17, 15) is 13.8 Å². The van der Waals surface area contributed by atoms with E-state index in [2.05, 4.69) is 5.32 Å². The summed E-state index contributed by atoms with van der Waals surface area (Å²) in [6.07, 6.45) is 0.712. The Morgan fingerprint density at radius 3 is 2.57 bits per heavy atom. The first-order chi connectivity index (χ1) is 14.2. The van der Waals surface area contributed by atoms with Gasteiger partial charge in [-0.15, -0.1) is 0 Å². The van der Waals surface area contributed by atoms with E-state index in [-0.39, 0.29) is 43.4 Å². The molecule has 0 radical (unpaired) electrons. The molecule has 0 aliphatic carbocycles. The van der Waals surface area contributed by atoms with Crippen LogP contribution < -0.4 is 5.32 Å². The van der Waals surface area contributed by atoms with Crippen molar-refractivity contribution in [2.45, 2.75) is 32.2 Å². The molecule has 1 atom stereocenters. The Bertz CT molecular complexity index is 887. The Morgan fingerprint density at radius 2 is 1.93 bits per heavy atom. The van der Waals surface area contributed by atoms with Crippen molar-refractivity contribution in [3.8, 4) is 11.1 Å². The third-order valence-corrected chi connectivity index (χ3v) is 5.59. The predicted octanol–water partition coefficient (Wildman–Crippen LogP) is 4.17. The molecule has 0 aliphatic heterocycles. The normalized spacial score (nSPS) is 12.6. The highest BCUT2D eigenvalue weighted by Gasteiger charge is 2.17. The second kappa shape index (κ2) is 11.6. The van der Waals surface area contributed by atoms with E-state index < -0.39 is 7.60 Å². The molecule has 0 amide bonds. The molecule has 0 fully saturated rings. The van der Waals surface area contributed by atoms with Crippen molar-refractivity contribution in [3.05, 3.63) is 58.9 Å². The second-order valence-corrected chi connectivity index (χ2v) is 9.14. The highest BCUT2D eigenvalue weighted by Crippen LogP contribution is 2.34. The van der Waals surface area contributed by atoms with Crippen molar-refractivity contribution in [3.63, 3.8) is 0 Å². The Hall–Kier alpha value is -1.76. The molecule has 30 heavy (non-hydrogen) atoms. The summed E-state index contributed by atoms with van der Waals surface area (Å²) in [5.41, 5.74) is 2.03. The minimum Gasteiger partial charge on any atom is -0.466 e. The zero-order valence-corrected chi connectivity index (χ0v) is 18.3. The molecule has 0 unspecified atom stereocenters. The number of benzene rings is 2. The molecule has 0 bridgehead atoms. The number of carbonyl (C=O) groups is 1. The van der Waals surface area contributed by atoms with Gasteiger partial charge in [0.1, 0.15) is 5.82 Å². The summed E-state index contributed by atoms with van der Waals surface area (Å²) in [4.78, 5) is 29.8. The van der Waals surface area contributed by atoms with Gasteiger partial charge in [-0.05, 0) is 55.6 Å². The van der Waals surface area contributed by atoms with E-state index in [1.807, 2.05) is 12.1 Å². The Balaban J connectivity index is 2.05. The average Bonchev–Trinajstić information content (AvgIpc) is 2.67. The van der Waals surface area contributed by atoms with Crippen LogP contribution in [-0.4, -0.2) is 41.1 Å². The van der Waals surface area contributed by atoms with Crippen molar-refractivity contribution in [2.75, 3.05) is 19.3 Å². The lowest BCUT2D eigenvalue weighted by Crippen LogP contribution is -2.35. The van der Waals surface area contributed by atoms with Gasteiger partial charge >= 0.3 is 13.6 Å². The monoisotopic (exact) mass is 457 g/mol. The number of carbonyl (C=O) groups excluding carboxylic acids is 1. The molecular weight excluding hydrogens is 432 g/mol. The van der Waals surface area contributed by atoms with E-state index >= 15 is 0 Å². The summed E-state index contributed by atoms with van der Waals surface area (Å²) in [6.45, 7) is 2.37. The molecule has 0 heterocycles. The van der Waals surface area contributed by atoms with Crippen LogP contribution in [0.1, 0.15) is 25.3 Å². The van der Waals surface area contributed by atoms with Gasteiger partial charge in [-0.25, -0.2) is 4.39 Å². The van der Waals surface area contributed by atoms with Crippen molar-refractivity contribution >= 4 is 25.2 Å². The van der Waals surface area contributed by atoms with Crippen LogP contribution in [0.5, 0.6) is 0 Å². The van der Waals surface area contributed by atoms with Crippen LogP contribution in [0.25, 0.3) is 11.1 Å². The van der Waals surface area contributed by atoms with Gasteiger partial charge in [0.15, 0.2) is 0 Å². The number of halogens is 2. The molecule has 0 aliphatic rings. The van der Waals surface area contributed by atoms with Gasteiger partial charge in [-0.2, -0.15) is 0 Å². The number of hydrogen-bond donors (Lipinski definition) is 3. The zero-order chi connectivity index (χ0) is 22.1. The lowest BCUT2D eigenvalue weighted by Gasteiger charge is -2.18. The minimum atomic E-state index is -4.04. The third kappa shape index (κ3) is 8.54. The topological polar surface area (TPSA) is 95.9 Å². The molecule has 2 aromatic carbocycles. The maximum atomic E-state index is 14.1. The van der Waals surface area contributed by atoms with Gasteiger partial charge < -0.3 is 19.8 Å². The van der Waals surface area contributed by atoms with E-state index in [1.165, 1.54) is 12.1 Å². The van der Waals surface area contributed by atoms with Crippen molar-refractivity contribution in [2.24, 2.45) is 0 Å². The molecule has 6 nitrogen and oxygen atoms in total. The minimum absolute atomic E-state index is 0.133. The van der Waals surface area contributed by atoms with E-state index in [4.69, 9.17) is 26.1 Å². The molecule has 9 heteroatoms. The zero-order valence-electron chi connectivity index (χ0n) is 16.7. The molecule has 164 valence electrons. The van der Waals surface area contributed by atoms with E-state index in [1.54, 1.807) is 25.1 Å². The van der Waals surface area contributed by atoms with Crippen LogP contribution in [-0.2, 0) is 20.5 Å². The van der Waals surface area contributed by atoms with E-state index in [0.29, 0.717) is 29.1 Å². The first-order valence-corrected chi connectivity index (χ1v) is 11.8. The van der Waals surface area contributed by atoms with Gasteiger partial charge in [-0.1, -0.05) is 35.9 Å². The van der Waals surface area contributed by atoms with Gasteiger partial charge in [0.05, 0.1) is 19.2 Å². The Kier molecular flexibility index (Phi) is 9.46. The van der Waals surface area contributed by atoms with Crippen LogP contribution in [0.15, 0.2) is 42.5 Å². The highest BCUT2D eigenvalue weighted by molar-refractivity contribution is 7.51. The second-order valence-electron chi connectivity index (χ2n) is 6.93. The van der Waals surface area contributed by atoms with Crippen LogP contribution in [0.2, 0.25) is 5.02 Å². The smallest absolute Gasteiger partial charge is 0.325 e. The Labute approximate surface area is 180 Å². The summed E-state index contributed by atoms with van der Waals surface area (Å²) in [5, 5.41) is 3.62. The average molecular weight is 458 g/mol. The maximum Gasteiger partial charge on any atom is 0.325 e. The third-order valence-electron chi connectivity index (χ3n) is 4.45. The number of ether oxygens (including phenoxy) is 1. The quantitative estimate of drug-likeness (QED) is 0.266. The van der Waals surface area contributed by atoms with E-state index in [0.717, 1.165) is 5.56 Å². The van der Waals surface area contributed by atoms with Gasteiger partial charge in [0.2, 0.25) is 0 Å². The standard InChI is InChI=1S/C21H26ClFNO5P/c1-2-29-21(25)14-18(24-10-3-11-30(26,27)28)12-15-4-6-16(7-5-15)19-13-17(22)8-9-20(19)23/h4-9,13,18,24H,2-3,10-12,14H2,1H3,(H2,26,27,28)/t18-/m1/s1. The molecule has 2 aromatic rings. The number of nitrogens with one attached hydrogen (secondary N) is 1. The Morgan fingerprint density at radius 1 is 1.23 bits per heavy atom. The molecular formula is C21H26ClFNO5P. The lowest BCUT2D eigenvalue weighted by atomic mass is 9.99. The fraction of sp³-hybridized carbons (Fsp3) is 0.381. The molecule has 0 saturated heterocycles. The van der Waals surface area contributed by atoms with Crippen LogP contribution in [0, 0.1) is 5.82 Å². The maximum absolute atomic E-state index is 14.1. The molecule has 0 aromatic heterocycles. The first kappa shape index (κ1) is 24.5. The van der Waals surface area contributed by atoms with Gasteiger partial charge in [0, 0.05) is 16.6 Å². The van der Waals surface area contributed by atoms with Gasteiger partial charge in [-0.3, -0.25) is 9.36 Å². The van der Waals surface area contributed by atoms with Crippen molar-refractivity contribution < 1.29 is 28.3 Å². The van der Waals surface area contributed by atoms with Gasteiger partial charge in [0.25, 0.3) is 0 Å². The molecule has 2 rings (SSSR count). The highest BCUT2D eigenvalue weighted by atomic mass is 35.5. The van der Waals surface area contributed by atoms with Crippen LogP contribution >= 0.6 is 19.2 Å². The lowest BCUT2D eigenvalue weighted by molar-refractivity contribution is -0.143. The summed E-state index contributed by atoms with van der Waals surface area (Å²) in [5.74, 6) is -0.707. The summed E-state index contributed by atoms with van der Waals surface area (Å²) in [7, 11) is -4.04. The largest absolute Gasteiger partial charge is 0.466 e. The van der Waals surface area contributed by atoms with Crippen LogP contribution in [0.4, 0.5) is 4.39 Å². The first-order valence-electron chi connectivity index (χ1n) is 9.66. The summed E-state index contributed by atoms with van der Waals surface area (Å²) < 4.78 is 30.1. The SMILES string of the molecule is CCOC(=O)C[C@@H](Cc1ccc(-c2cc(Cl)ccc2F)cc1)NCCCP(=O)(O)O. The number of hydrogen-bond acceptors (Lipinski definition) is 4. The molecule has 0 spiro atoms. The fourth-order valence-corrected chi connectivity index (χ4v) is 3.79. The van der Waals surface area contributed by atoms with Crippen LogP contribution in [0.3, 0.4) is 0 Å². The summed E-state index contributed by atoms with van der Waals surface area (Å²) >= 11 is 5.96. The predicted molar refractivity (Wildman–Crippen MR) is 115 cm³/mol. The van der Waals surface area contributed by atoms with Crippen molar-refractivity contribution in [1.29, 1.82) is 0 Å². The molecule has 0 saturated carbocycles. The van der Waals surface area contributed by atoms with Crippen molar-refractivity contribution in [1.82, 2.24) is 5.32 Å². The fourth-order valence-electron chi connectivity index (χ4n) is 3.05. The number of esters is 1. The molecule has 3 N–H and O–H groups in total.